The van der Waals surface area contributed by atoms with Crippen molar-refractivity contribution in [3.63, 3.8) is 0 Å². The lowest BCUT2D eigenvalue weighted by Gasteiger charge is -2.25. The van der Waals surface area contributed by atoms with Crippen LogP contribution >= 0.6 is 0 Å². The average Bonchev–Trinajstić information content (AvgIpc) is 3.19. The molecular formula is C26H32N4O4. The Morgan fingerprint density at radius 3 is 2.79 bits per heavy atom. The van der Waals surface area contributed by atoms with Gasteiger partial charge in [0.2, 0.25) is 5.91 Å². The third-order valence-electron chi connectivity index (χ3n) is 5.99. The summed E-state index contributed by atoms with van der Waals surface area (Å²) in [5.74, 6) is 0.362. The third kappa shape index (κ3) is 5.95. The lowest BCUT2D eigenvalue weighted by molar-refractivity contribution is -0.125. The van der Waals surface area contributed by atoms with E-state index in [1.807, 2.05) is 36.4 Å². The summed E-state index contributed by atoms with van der Waals surface area (Å²) in [4.78, 5) is 37.8. The van der Waals surface area contributed by atoms with Crippen LogP contribution in [0.4, 0.5) is 0 Å². The van der Waals surface area contributed by atoms with Crippen LogP contribution in [-0.4, -0.2) is 43.2 Å². The number of ether oxygens (including phenoxy) is 1. The molecule has 1 atom stereocenters. The average molecular weight is 465 g/mol. The normalized spacial score (nSPS) is 13.9. The predicted molar refractivity (Wildman–Crippen MR) is 130 cm³/mol. The van der Waals surface area contributed by atoms with Gasteiger partial charge in [0, 0.05) is 44.0 Å². The summed E-state index contributed by atoms with van der Waals surface area (Å²) >= 11 is 0. The van der Waals surface area contributed by atoms with E-state index in [1.165, 1.54) is 7.05 Å². The molecule has 3 rings (SSSR count). The number of amides is 2. The van der Waals surface area contributed by atoms with Gasteiger partial charge in [-0.25, -0.2) is 0 Å². The summed E-state index contributed by atoms with van der Waals surface area (Å²) in [6.07, 6.45) is 4.39. The van der Waals surface area contributed by atoms with Crippen LogP contribution in [0.25, 0.3) is 0 Å². The number of benzene rings is 2. The summed E-state index contributed by atoms with van der Waals surface area (Å²) in [7, 11) is 3.17. The first-order valence-electron chi connectivity index (χ1n) is 11.4. The zero-order valence-corrected chi connectivity index (χ0v) is 19.7. The van der Waals surface area contributed by atoms with Crippen molar-refractivity contribution in [1.82, 2.24) is 15.5 Å². The van der Waals surface area contributed by atoms with Crippen molar-refractivity contribution in [3.8, 4) is 5.75 Å². The van der Waals surface area contributed by atoms with Crippen LogP contribution in [0.3, 0.4) is 0 Å². The SMILES string of the molecule is CNC(=O)C(CCC=O)N1Cc2c(CC/C(N)=C/NCc3cccc(OC)c3)cccc2C1=O. The van der Waals surface area contributed by atoms with Crippen molar-refractivity contribution in [3.05, 3.63) is 76.6 Å². The molecule has 0 aromatic heterocycles. The Bertz CT molecular complexity index is 1070. The lowest BCUT2D eigenvalue weighted by Crippen LogP contribution is -2.46. The van der Waals surface area contributed by atoms with E-state index in [0.29, 0.717) is 43.6 Å². The standard InChI is InChI=1S/C26H32N4O4/c1-28-25(32)24(10-5-13-31)30-17-23-19(7-4-9-22(23)26(30)33)11-12-20(27)16-29-15-18-6-3-8-21(14-18)34-2/h3-4,6-9,13-14,16,24,29H,5,10-12,15,17,27H2,1-2H3,(H,28,32)/b20-16-. The molecule has 8 heteroatoms. The molecule has 1 aliphatic heterocycles. The molecule has 1 heterocycles. The summed E-state index contributed by atoms with van der Waals surface area (Å²) in [5.41, 5.74) is 10.6. The quantitative estimate of drug-likeness (QED) is 0.415. The van der Waals surface area contributed by atoms with Crippen molar-refractivity contribution in [1.29, 1.82) is 0 Å². The van der Waals surface area contributed by atoms with Crippen molar-refractivity contribution in [2.24, 2.45) is 5.73 Å². The van der Waals surface area contributed by atoms with Crippen LogP contribution in [0.2, 0.25) is 0 Å². The fourth-order valence-electron chi connectivity index (χ4n) is 4.16. The van der Waals surface area contributed by atoms with E-state index in [9.17, 15) is 14.4 Å². The van der Waals surface area contributed by atoms with Gasteiger partial charge in [-0.05, 0) is 54.2 Å². The van der Waals surface area contributed by atoms with Crippen LogP contribution in [0, 0.1) is 0 Å². The largest absolute Gasteiger partial charge is 0.497 e. The second kappa shape index (κ2) is 11.9. The number of nitrogens with zero attached hydrogens (tertiary/aromatic N) is 1. The van der Waals surface area contributed by atoms with E-state index in [2.05, 4.69) is 10.6 Å². The molecule has 2 aromatic rings. The maximum Gasteiger partial charge on any atom is 0.255 e. The third-order valence-corrected chi connectivity index (χ3v) is 5.99. The van der Waals surface area contributed by atoms with Crippen molar-refractivity contribution >= 4 is 18.1 Å². The van der Waals surface area contributed by atoms with Crippen LogP contribution in [0.15, 0.2) is 54.4 Å². The molecule has 1 unspecified atom stereocenters. The van der Waals surface area contributed by atoms with Gasteiger partial charge in [0.25, 0.3) is 5.91 Å². The molecule has 8 nitrogen and oxygen atoms in total. The van der Waals surface area contributed by atoms with Crippen molar-refractivity contribution < 1.29 is 19.1 Å². The smallest absolute Gasteiger partial charge is 0.255 e. The fraction of sp³-hybridized carbons (Fsp3) is 0.346. The van der Waals surface area contributed by atoms with E-state index in [1.54, 1.807) is 24.3 Å². The van der Waals surface area contributed by atoms with Crippen LogP contribution < -0.4 is 21.1 Å². The van der Waals surface area contributed by atoms with Crippen molar-refractivity contribution in [2.75, 3.05) is 14.2 Å². The molecule has 180 valence electrons. The van der Waals surface area contributed by atoms with Gasteiger partial charge in [-0.15, -0.1) is 0 Å². The number of hydrogen-bond acceptors (Lipinski definition) is 6. The van der Waals surface area contributed by atoms with Gasteiger partial charge >= 0.3 is 0 Å². The molecule has 0 radical (unpaired) electrons. The summed E-state index contributed by atoms with van der Waals surface area (Å²) in [5, 5.41) is 5.83. The Morgan fingerprint density at radius 1 is 1.26 bits per heavy atom. The number of nitrogens with one attached hydrogen (secondary N) is 2. The Kier molecular flexibility index (Phi) is 8.67. The molecule has 0 spiro atoms. The number of carbonyl (C=O) groups excluding carboxylic acids is 3. The fourth-order valence-corrected chi connectivity index (χ4v) is 4.16. The highest BCUT2D eigenvalue weighted by Gasteiger charge is 2.36. The highest BCUT2D eigenvalue weighted by atomic mass is 16.5. The zero-order valence-electron chi connectivity index (χ0n) is 19.7. The topological polar surface area (TPSA) is 114 Å². The van der Waals surface area contributed by atoms with Gasteiger partial charge in [0.05, 0.1) is 7.11 Å². The number of fused-ring (bicyclic) bond motifs is 1. The highest BCUT2D eigenvalue weighted by molar-refractivity contribution is 6.01. The van der Waals surface area contributed by atoms with Crippen LogP contribution in [0.1, 0.15) is 46.3 Å². The van der Waals surface area contributed by atoms with E-state index in [0.717, 1.165) is 28.7 Å². The highest BCUT2D eigenvalue weighted by Crippen LogP contribution is 2.29. The van der Waals surface area contributed by atoms with Gasteiger partial charge in [0.1, 0.15) is 18.1 Å². The number of allylic oxidation sites excluding steroid dienone is 1. The Hall–Kier alpha value is -3.81. The number of aryl methyl sites for hydroxylation is 1. The first kappa shape index (κ1) is 24.8. The Morgan fingerprint density at radius 2 is 2.06 bits per heavy atom. The monoisotopic (exact) mass is 464 g/mol. The summed E-state index contributed by atoms with van der Waals surface area (Å²) < 4.78 is 5.24. The van der Waals surface area contributed by atoms with Crippen LogP contribution in [-0.2, 0) is 29.1 Å². The van der Waals surface area contributed by atoms with Gasteiger partial charge in [0.15, 0.2) is 0 Å². The van der Waals surface area contributed by atoms with Gasteiger partial charge in [-0.3, -0.25) is 9.59 Å². The number of nitrogens with two attached hydrogens (primary N) is 1. The number of carbonyl (C=O) groups is 3. The second-order valence-corrected chi connectivity index (χ2v) is 8.20. The number of methoxy groups -OCH3 is 1. The number of hydrogen-bond donors (Lipinski definition) is 3. The lowest BCUT2D eigenvalue weighted by atomic mass is 9.99. The molecule has 0 bridgehead atoms. The minimum absolute atomic E-state index is 0.181. The van der Waals surface area contributed by atoms with E-state index in [-0.39, 0.29) is 18.2 Å². The molecule has 2 aromatic carbocycles. The summed E-state index contributed by atoms with van der Waals surface area (Å²) in [6, 6.07) is 12.8. The number of likely N-dealkylation sites (N-methyl/N-ethyl adjacent to an activating group) is 1. The molecule has 0 aliphatic carbocycles. The van der Waals surface area contributed by atoms with Gasteiger partial charge < -0.3 is 30.8 Å². The predicted octanol–water partition coefficient (Wildman–Crippen LogP) is 2.27. The van der Waals surface area contributed by atoms with Crippen molar-refractivity contribution in [2.45, 2.75) is 44.8 Å². The van der Waals surface area contributed by atoms with E-state index >= 15 is 0 Å². The minimum atomic E-state index is -0.672. The maximum atomic E-state index is 13.0. The minimum Gasteiger partial charge on any atom is -0.497 e. The van der Waals surface area contributed by atoms with Gasteiger partial charge in [-0.1, -0.05) is 24.3 Å². The molecule has 0 saturated heterocycles. The molecule has 1 aliphatic rings. The molecule has 34 heavy (non-hydrogen) atoms. The molecule has 0 fully saturated rings. The number of aldehydes is 1. The van der Waals surface area contributed by atoms with E-state index in [4.69, 9.17) is 10.5 Å². The molecule has 4 N–H and O–H groups in total. The summed E-state index contributed by atoms with van der Waals surface area (Å²) in [6.45, 7) is 0.975. The first-order valence-corrected chi connectivity index (χ1v) is 11.4. The molecule has 2 amide bonds. The second-order valence-electron chi connectivity index (χ2n) is 8.20. The molecule has 0 saturated carbocycles. The maximum absolute atomic E-state index is 13.0. The van der Waals surface area contributed by atoms with E-state index < -0.39 is 6.04 Å². The van der Waals surface area contributed by atoms with Crippen LogP contribution in [0.5, 0.6) is 5.75 Å². The Labute approximate surface area is 200 Å². The first-order chi connectivity index (χ1) is 16.5. The van der Waals surface area contributed by atoms with Gasteiger partial charge in [-0.2, -0.15) is 0 Å². The number of rotatable bonds is 12. The Balaban J connectivity index is 1.63. The molecular weight excluding hydrogens is 432 g/mol. The zero-order chi connectivity index (χ0) is 24.5.